The summed E-state index contributed by atoms with van der Waals surface area (Å²) in [5.41, 5.74) is 1.64. The summed E-state index contributed by atoms with van der Waals surface area (Å²) in [4.78, 5) is 4.34. The van der Waals surface area contributed by atoms with Gasteiger partial charge < -0.3 is 9.26 Å². The number of ether oxygens (including phenoxy) is 1. The number of aromatic nitrogens is 2. The molecule has 0 spiro atoms. The molecule has 2 aromatic heterocycles. The third kappa shape index (κ3) is 2.00. The highest BCUT2D eigenvalue weighted by Crippen LogP contribution is 2.48. The molecule has 0 saturated heterocycles. The summed E-state index contributed by atoms with van der Waals surface area (Å²) >= 11 is 3.55. The van der Waals surface area contributed by atoms with Crippen LogP contribution in [0.25, 0.3) is 0 Å². The number of halogens is 1. The predicted molar refractivity (Wildman–Crippen MR) is 78.5 cm³/mol. The van der Waals surface area contributed by atoms with Crippen LogP contribution in [0, 0.1) is 0 Å². The average Bonchev–Trinajstić information content (AvgIpc) is 2.87. The largest absolute Gasteiger partial charge is 0.373 e. The molecule has 0 bridgehead atoms. The molecule has 0 radical (unpaired) electrons. The average molecular weight is 337 g/mol. The number of rotatable bonds is 2. The van der Waals surface area contributed by atoms with Crippen molar-refractivity contribution in [2.75, 3.05) is 7.11 Å². The standard InChI is InChI=1S/C15H17BrN2O2/c1-14(2)9-15(19-3,7-10-8-18-20-12(10)14)11-5-4-6-17-13(11)16/h4-6,8H,7,9H2,1-3H3. The number of fused-ring (bicyclic) bond motifs is 1. The van der Waals surface area contributed by atoms with Crippen LogP contribution >= 0.6 is 15.9 Å². The molecule has 1 aliphatic rings. The topological polar surface area (TPSA) is 48.2 Å². The monoisotopic (exact) mass is 336 g/mol. The Balaban J connectivity index is 2.15. The van der Waals surface area contributed by atoms with Crippen LogP contribution in [-0.4, -0.2) is 17.3 Å². The van der Waals surface area contributed by atoms with Crippen molar-refractivity contribution in [1.82, 2.24) is 10.1 Å². The van der Waals surface area contributed by atoms with E-state index < -0.39 is 5.60 Å². The van der Waals surface area contributed by atoms with Gasteiger partial charge in [-0.15, -0.1) is 0 Å². The molecule has 106 valence electrons. The van der Waals surface area contributed by atoms with Crippen LogP contribution < -0.4 is 0 Å². The highest BCUT2D eigenvalue weighted by Gasteiger charge is 2.48. The second-order valence-electron chi connectivity index (χ2n) is 5.96. The Bertz CT molecular complexity index is 638. The summed E-state index contributed by atoms with van der Waals surface area (Å²) in [5, 5.41) is 3.96. The molecule has 0 amide bonds. The third-order valence-corrected chi connectivity index (χ3v) is 4.73. The van der Waals surface area contributed by atoms with Gasteiger partial charge in [0.15, 0.2) is 0 Å². The van der Waals surface area contributed by atoms with E-state index in [4.69, 9.17) is 9.26 Å². The first kappa shape index (κ1) is 13.8. The Hall–Kier alpha value is -1.20. The van der Waals surface area contributed by atoms with Crippen LogP contribution in [-0.2, 0) is 22.2 Å². The van der Waals surface area contributed by atoms with E-state index in [1.54, 1.807) is 19.5 Å². The summed E-state index contributed by atoms with van der Waals surface area (Å²) in [6.07, 6.45) is 5.14. The maximum Gasteiger partial charge on any atom is 0.145 e. The van der Waals surface area contributed by atoms with Crippen LogP contribution in [0.3, 0.4) is 0 Å². The fraction of sp³-hybridized carbons (Fsp3) is 0.467. The maximum absolute atomic E-state index is 5.97. The van der Waals surface area contributed by atoms with Gasteiger partial charge in [-0.2, -0.15) is 0 Å². The highest BCUT2D eigenvalue weighted by molar-refractivity contribution is 9.10. The quantitative estimate of drug-likeness (QED) is 0.786. The minimum absolute atomic E-state index is 0.130. The number of methoxy groups -OCH3 is 1. The zero-order valence-electron chi connectivity index (χ0n) is 11.8. The molecular formula is C15H17BrN2O2. The van der Waals surface area contributed by atoms with Crippen LogP contribution in [0.1, 0.15) is 37.2 Å². The first-order valence-corrected chi connectivity index (χ1v) is 7.38. The second-order valence-corrected chi connectivity index (χ2v) is 6.71. The van der Waals surface area contributed by atoms with Crippen LogP contribution in [0.4, 0.5) is 0 Å². The van der Waals surface area contributed by atoms with Gasteiger partial charge in [0.2, 0.25) is 0 Å². The number of nitrogens with zero attached hydrogens (tertiary/aromatic N) is 2. The third-order valence-electron chi connectivity index (χ3n) is 4.10. The molecule has 4 nitrogen and oxygen atoms in total. The Labute approximate surface area is 126 Å². The van der Waals surface area contributed by atoms with Crippen LogP contribution in [0.2, 0.25) is 0 Å². The molecule has 0 fully saturated rings. The van der Waals surface area contributed by atoms with Crippen LogP contribution in [0.5, 0.6) is 0 Å². The molecule has 5 heteroatoms. The van der Waals surface area contributed by atoms with Crippen molar-refractivity contribution in [3.63, 3.8) is 0 Å². The minimum Gasteiger partial charge on any atom is -0.373 e. The van der Waals surface area contributed by atoms with Crippen LogP contribution in [0.15, 0.2) is 33.7 Å². The van der Waals surface area contributed by atoms with Crippen molar-refractivity contribution in [3.8, 4) is 0 Å². The zero-order chi connectivity index (χ0) is 14.4. The second kappa shape index (κ2) is 4.67. The van der Waals surface area contributed by atoms with Crippen molar-refractivity contribution in [2.45, 2.75) is 37.7 Å². The first-order valence-electron chi connectivity index (χ1n) is 6.59. The lowest BCUT2D eigenvalue weighted by molar-refractivity contribution is -0.0483. The molecule has 0 aliphatic heterocycles. The molecule has 0 aromatic carbocycles. The molecule has 2 heterocycles. The summed E-state index contributed by atoms with van der Waals surface area (Å²) in [6, 6.07) is 4.01. The van der Waals surface area contributed by atoms with Gasteiger partial charge in [0.05, 0.1) is 6.20 Å². The Kier molecular flexibility index (Phi) is 3.21. The Morgan fingerprint density at radius 2 is 2.20 bits per heavy atom. The summed E-state index contributed by atoms with van der Waals surface area (Å²) < 4.78 is 12.2. The minimum atomic E-state index is -0.408. The smallest absolute Gasteiger partial charge is 0.145 e. The molecule has 20 heavy (non-hydrogen) atoms. The van der Waals surface area contributed by atoms with E-state index in [0.717, 1.165) is 34.3 Å². The molecule has 3 rings (SSSR count). The lowest BCUT2D eigenvalue weighted by Gasteiger charge is -2.42. The summed E-state index contributed by atoms with van der Waals surface area (Å²) in [7, 11) is 1.76. The highest BCUT2D eigenvalue weighted by atomic mass is 79.9. The predicted octanol–water partition coefficient (Wildman–Crippen LogP) is 3.60. The summed E-state index contributed by atoms with van der Waals surface area (Å²) in [5.74, 6) is 0.963. The van der Waals surface area contributed by atoms with Crippen molar-refractivity contribution in [3.05, 3.63) is 46.0 Å². The van der Waals surface area contributed by atoms with E-state index in [-0.39, 0.29) is 5.41 Å². The Morgan fingerprint density at radius 1 is 1.40 bits per heavy atom. The van der Waals surface area contributed by atoms with Gasteiger partial charge in [-0.25, -0.2) is 4.98 Å². The van der Waals surface area contributed by atoms with Crippen molar-refractivity contribution < 1.29 is 9.26 Å². The molecule has 1 atom stereocenters. The van der Waals surface area contributed by atoms with Gasteiger partial charge in [-0.1, -0.05) is 25.1 Å². The van der Waals surface area contributed by atoms with Crippen molar-refractivity contribution in [2.24, 2.45) is 0 Å². The zero-order valence-corrected chi connectivity index (χ0v) is 13.4. The molecule has 1 aliphatic carbocycles. The Morgan fingerprint density at radius 3 is 2.90 bits per heavy atom. The number of pyridine rings is 1. The van der Waals surface area contributed by atoms with Gasteiger partial charge in [0.1, 0.15) is 16.0 Å². The lowest BCUT2D eigenvalue weighted by atomic mass is 9.67. The maximum atomic E-state index is 5.97. The molecule has 0 saturated carbocycles. The SMILES string of the molecule is COC1(c2cccnc2Br)Cc2cnoc2C(C)(C)C1. The van der Waals surface area contributed by atoms with Gasteiger partial charge in [0, 0.05) is 36.3 Å². The molecular weight excluding hydrogens is 320 g/mol. The van der Waals surface area contributed by atoms with E-state index in [1.165, 1.54) is 0 Å². The van der Waals surface area contributed by atoms with E-state index in [2.05, 4.69) is 46.0 Å². The van der Waals surface area contributed by atoms with E-state index in [0.29, 0.717) is 0 Å². The van der Waals surface area contributed by atoms with Gasteiger partial charge in [-0.05, 0) is 28.4 Å². The van der Waals surface area contributed by atoms with Crippen molar-refractivity contribution >= 4 is 15.9 Å². The van der Waals surface area contributed by atoms with E-state index in [9.17, 15) is 0 Å². The molecule has 0 N–H and O–H groups in total. The van der Waals surface area contributed by atoms with Gasteiger partial charge in [0.25, 0.3) is 0 Å². The van der Waals surface area contributed by atoms with E-state index in [1.807, 2.05) is 6.07 Å². The van der Waals surface area contributed by atoms with Gasteiger partial charge >= 0.3 is 0 Å². The normalized spacial score (nSPS) is 24.4. The fourth-order valence-corrected chi connectivity index (χ4v) is 3.89. The number of hydrogen-bond acceptors (Lipinski definition) is 4. The van der Waals surface area contributed by atoms with Crippen molar-refractivity contribution in [1.29, 1.82) is 0 Å². The summed E-state index contributed by atoms with van der Waals surface area (Å²) in [6.45, 7) is 4.32. The molecule has 2 aromatic rings. The fourth-order valence-electron chi connectivity index (χ4n) is 3.28. The number of hydrogen-bond donors (Lipinski definition) is 0. The lowest BCUT2D eigenvalue weighted by Crippen LogP contribution is -2.42. The van der Waals surface area contributed by atoms with E-state index >= 15 is 0 Å². The first-order chi connectivity index (χ1) is 9.48. The van der Waals surface area contributed by atoms with Gasteiger partial charge in [-0.3, -0.25) is 0 Å². The molecule has 1 unspecified atom stereocenters.